The molecule has 0 aliphatic heterocycles. The molecule has 0 saturated heterocycles. The summed E-state index contributed by atoms with van der Waals surface area (Å²) in [5.41, 5.74) is 5.71. The number of anilines is 1. The monoisotopic (exact) mass is 334 g/mol. The molecule has 4 N–H and O–H groups in total. The van der Waals surface area contributed by atoms with Gasteiger partial charge < -0.3 is 16.4 Å². The van der Waals surface area contributed by atoms with Gasteiger partial charge in [0.2, 0.25) is 11.8 Å². The molecule has 1 aromatic carbocycles. The molecule has 1 aromatic rings. The maximum Gasteiger partial charge on any atom is 0.271 e. The van der Waals surface area contributed by atoms with Crippen LogP contribution >= 0.6 is 0 Å². The minimum Gasteiger partial charge on any atom is -0.369 e. The molecule has 1 fully saturated rings. The van der Waals surface area contributed by atoms with Gasteiger partial charge in [0.15, 0.2) is 0 Å². The third-order valence-electron chi connectivity index (χ3n) is 4.31. The van der Waals surface area contributed by atoms with Crippen molar-refractivity contribution >= 4 is 23.2 Å². The van der Waals surface area contributed by atoms with Crippen molar-refractivity contribution in [3.05, 3.63) is 34.4 Å². The van der Waals surface area contributed by atoms with E-state index in [0.717, 1.165) is 25.7 Å². The number of nitro groups is 1. The largest absolute Gasteiger partial charge is 0.369 e. The molecule has 0 aromatic heterocycles. The van der Waals surface area contributed by atoms with Crippen molar-refractivity contribution in [2.75, 3.05) is 5.32 Å². The molecule has 0 radical (unpaired) electrons. The number of benzene rings is 1. The van der Waals surface area contributed by atoms with Gasteiger partial charge in [-0.2, -0.15) is 0 Å². The highest BCUT2D eigenvalue weighted by molar-refractivity contribution is 5.94. The van der Waals surface area contributed by atoms with E-state index in [4.69, 9.17) is 5.73 Å². The van der Waals surface area contributed by atoms with E-state index < -0.39 is 11.0 Å². The molecule has 1 aliphatic rings. The Hall–Kier alpha value is -2.48. The van der Waals surface area contributed by atoms with Crippen molar-refractivity contribution in [2.24, 2.45) is 11.7 Å². The van der Waals surface area contributed by atoms with Crippen LogP contribution in [0.2, 0.25) is 0 Å². The lowest BCUT2D eigenvalue weighted by molar-refractivity contribution is -0.384. The Bertz CT molecular complexity index is 634. The highest BCUT2D eigenvalue weighted by Crippen LogP contribution is 2.24. The van der Waals surface area contributed by atoms with Crippen molar-refractivity contribution in [2.45, 2.75) is 44.7 Å². The number of amides is 2. The second kappa shape index (κ2) is 7.87. The van der Waals surface area contributed by atoms with E-state index in [1.807, 2.05) is 0 Å². The molecule has 8 heteroatoms. The summed E-state index contributed by atoms with van der Waals surface area (Å²) in [7, 11) is 0. The van der Waals surface area contributed by atoms with Gasteiger partial charge in [0.05, 0.1) is 16.9 Å². The van der Waals surface area contributed by atoms with Crippen LogP contribution < -0.4 is 16.4 Å². The number of nitro benzene ring substituents is 1. The third-order valence-corrected chi connectivity index (χ3v) is 4.31. The number of non-ortho nitro benzene ring substituents is 1. The number of carbonyl (C=O) groups is 2. The summed E-state index contributed by atoms with van der Waals surface area (Å²) < 4.78 is 0. The fourth-order valence-corrected chi connectivity index (χ4v) is 3.02. The van der Waals surface area contributed by atoms with Crippen LogP contribution in [0.25, 0.3) is 0 Å². The molecule has 130 valence electrons. The number of nitrogens with two attached hydrogens (primary N) is 1. The molecule has 8 nitrogen and oxygen atoms in total. The van der Waals surface area contributed by atoms with Crippen molar-refractivity contribution in [1.82, 2.24) is 5.32 Å². The van der Waals surface area contributed by atoms with E-state index in [1.165, 1.54) is 18.2 Å². The second-order valence-corrected chi connectivity index (χ2v) is 6.08. The Labute approximate surface area is 139 Å². The molecular formula is C16H22N4O4. The van der Waals surface area contributed by atoms with Gasteiger partial charge in [0, 0.05) is 23.9 Å². The molecule has 1 saturated carbocycles. The number of carbonyl (C=O) groups excluding carboxylic acids is 2. The zero-order valence-corrected chi connectivity index (χ0v) is 13.5. The van der Waals surface area contributed by atoms with E-state index in [9.17, 15) is 19.7 Å². The van der Waals surface area contributed by atoms with Crippen molar-refractivity contribution in [3.63, 3.8) is 0 Å². The van der Waals surface area contributed by atoms with Crippen LogP contribution in [0.4, 0.5) is 11.4 Å². The molecule has 0 bridgehead atoms. The number of nitrogens with one attached hydrogen (secondary N) is 2. The van der Waals surface area contributed by atoms with E-state index in [0.29, 0.717) is 5.69 Å². The lowest BCUT2D eigenvalue weighted by Gasteiger charge is -2.32. The van der Waals surface area contributed by atoms with Gasteiger partial charge in [-0.3, -0.25) is 19.7 Å². The van der Waals surface area contributed by atoms with Gasteiger partial charge in [-0.05, 0) is 25.8 Å². The van der Waals surface area contributed by atoms with E-state index in [2.05, 4.69) is 10.6 Å². The highest BCUT2D eigenvalue weighted by Gasteiger charge is 2.31. The lowest BCUT2D eigenvalue weighted by Crippen LogP contribution is -2.51. The highest BCUT2D eigenvalue weighted by atomic mass is 16.6. The Kier molecular flexibility index (Phi) is 5.86. The first-order valence-electron chi connectivity index (χ1n) is 7.99. The van der Waals surface area contributed by atoms with Crippen LogP contribution in [0.5, 0.6) is 0 Å². The zero-order valence-electron chi connectivity index (χ0n) is 13.5. The first-order chi connectivity index (χ1) is 11.4. The van der Waals surface area contributed by atoms with Crippen LogP contribution in [0.15, 0.2) is 24.3 Å². The Morgan fingerprint density at radius 2 is 2.04 bits per heavy atom. The number of primary amides is 1. The SMILES string of the molecule is C[C@H](N[C@@H]1CCCC[C@@H]1C(N)=O)C(=O)Nc1cccc([N+](=O)[O-])c1. The summed E-state index contributed by atoms with van der Waals surface area (Å²) in [4.78, 5) is 34.1. The summed E-state index contributed by atoms with van der Waals surface area (Å²) in [6.45, 7) is 1.69. The van der Waals surface area contributed by atoms with Crippen LogP contribution in [0, 0.1) is 16.0 Å². The molecule has 0 spiro atoms. The Morgan fingerprint density at radius 1 is 1.33 bits per heavy atom. The average molecular weight is 334 g/mol. The smallest absolute Gasteiger partial charge is 0.271 e. The lowest BCUT2D eigenvalue weighted by atomic mass is 9.83. The first-order valence-corrected chi connectivity index (χ1v) is 7.99. The van der Waals surface area contributed by atoms with Gasteiger partial charge in [-0.15, -0.1) is 0 Å². The van der Waals surface area contributed by atoms with E-state index in [-0.39, 0.29) is 29.5 Å². The fraction of sp³-hybridized carbons (Fsp3) is 0.500. The van der Waals surface area contributed by atoms with Crippen LogP contribution in [0.3, 0.4) is 0 Å². The predicted octanol–water partition coefficient (Wildman–Crippen LogP) is 1.56. The van der Waals surface area contributed by atoms with Gasteiger partial charge in [-0.1, -0.05) is 18.9 Å². The summed E-state index contributed by atoms with van der Waals surface area (Å²) in [5.74, 6) is -0.936. The third kappa shape index (κ3) is 4.51. The molecule has 0 heterocycles. The average Bonchev–Trinajstić information content (AvgIpc) is 2.55. The number of rotatable bonds is 6. The van der Waals surface area contributed by atoms with Crippen molar-refractivity contribution in [1.29, 1.82) is 0 Å². The number of hydrogen-bond donors (Lipinski definition) is 3. The van der Waals surface area contributed by atoms with E-state index >= 15 is 0 Å². The minimum atomic E-state index is -0.547. The topological polar surface area (TPSA) is 127 Å². The molecule has 2 rings (SSSR count). The van der Waals surface area contributed by atoms with Crippen molar-refractivity contribution in [3.8, 4) is 0 Å². The Morgan fingerprint density at radius 3 is 2.71 bits per heavy atom. The molecule has 2 amide bonds. The summed E-state index contributed by atoms with van der Waals surface area (Å²) in [5, 5.41) is 16.6. The summed E-state index contributed by atoms with van der Waals surface area (Å²) >= 11 is 0. The summed E-state index contributed by atoms with van der Waals surface area (Å²) in [6.07, 6.45) is 3.47. The van der Waals surface area contributed by atoms with Crippen molar-refractivity contribution < 1.29 is 14.5 Å². The van der Waals surface area contributed by atoms with Crippen LogP contribution in [0.1, 0.15) is 32.6 Å². The van der Waals surface area contributed by atoms with Crippen LogP contribution in [-0.2, 0) is 9.59 Å². The van der Waals surface area contributed by atoms with Gasteiger partial charge in [-0.25, -0.2) is 0 Å². The van der Waals surface area contributed by atoms with E-state index in [1.54, 1.807) is 13.0 Å². The predicted molar refractivity (Wildman–Crippen MR) is 89.3 cm³/mol. The second-order valence-electron chi connectivity index (χ2n) is 6.08. The maximum atomic E-state index is 12.3. The molecule has 0 unspecified atom stereocenters. The molecular weight excluding hydrogens is 312 g/mol. The normalized spacial score (nSPS) is 21.7. The minimum absolute atomic E-state index is 0.0884. The van der Waals surface area contributed by atoms with Gasteiger partial charge in [0.25, 0.3) is 5.69 Å². The first kappa shape index (κ1) is 17.9. The quantitative estimate of drug-likeness (QED) is 0.537. The fourth-order valence-electron chi connectivity index (χ4n) is 3.02. The molecule has 24 heavy (non-hydrogen) atoms. The van der Waals surface area contributed by atoms with Crippen LogP contribution in [-0.4, -0.2) is 28.8 Å². The van der Waals surface area contributed by atoms with Gasteiger partial charge in [0.1, 0.15) is 0 Å². The van der Waals surface area contributed by atoms with Gasteiger partial charge >= 0.3 is 0 Å². The number of hydrogen-bond acceptors (Lipinski definition) is 5. The summed E-state index contributed by atoms with van der Waals surface area (Å²) in [6, 6.07) is 5.09. The molecule has 3 atom stereocenters. The Balaban J connectivity index is 1.97. The zero-order chi connectivity index (χ0) is 17.7. The standard InChI is InChI=1S/C16H22N4O4/c1-10(18-14-8-3-2-7-13(14)15(17)21)16(22)19-11-5-4-6-12(9-11)20(23)24/h4-6,9-10,13-14,18H,2-3,7-8H2,1H3,(H2,17,21)(H,19,22)/t10-,13-,14+/m0/s1. The number of nitrogens with zero attached hydrogens (tertiary/aromatic N) is 1. The maximum absolute atomic E-state index is 12.3. The molecule has 1 aliphatic carbocycles.